The smallest absolute Gasteiger partial charge is 0.235 e. The molecule has 0 heterocycles. The number of nitrogens with one attached hydrogen (secondary N) is 1. The molecule has 0 aliphatic heterocycles. The zero-order chi connectivity index (χ0) is 14.2. The summed E-state index contributed by atoms with van der Waals surface area (Å²) in [7, 11) is 0. The molecule has 2 aromatic carbocycles. The van der Waals surface area contributed by atoms with Gasteiger partial charge in [0.15, 0.2) is 0 Å². The Labute approximate surface area is 127 Å². The maximum Gasteiger partial charge on any atom is 0.235 e. The lowest BCUT2D eigenvalue weighted by Gasteiger charge is -2.16. The first-order valence-electron chi connectivity index (χ1n) is 6.74. The first kappa shape index (κ1) is 13.4. The standard InChI is InChI=1S/C17H16BrNO/c1-12-5-7-13(8-6-12)17(9-10-17)16(20)19-15-4-2-3-14(18)11-15/h2-8,11H,9-10H2,1H3,(H,19,20). The Morgan fingerprint density at radius 1 is 1.15 bits per heavy atom. The minimum absolute atomic E-state index is 0.0967. The Bertz CT molecular complexity index is 644. The number of rotatable bonds is 3. The lowest BCUT2D eigenvalue weighted by atomic mass is 9.94. The SMILES string of the molecule is Cc1ccc(C2(C(=O)Nc3cccc(Br)c3)CC2)cc1. The molecule has 3 heteroatoms. The monoisotopic (exact) mass is 329 g/mol. The van der Waals surface area contributed by atoms with Crippen molar-refractivity contribution in [2.24, 2.45) is 0 Å². The van der Waals surface area contributed by atoms with E-state index in [-0.39, 0.29) is 11.3 Å². The lowest BCUT2D eigenvalue weighted by Crippen LogP contribution is -2.27. The molecular formula is C17H16BrNO. The number of carbonyl (C=O) groups excluding carboxylic acids is 1. The van der Waals surface area contributed by atoms with Gasteiger partial charge in [-0.05, 0) is 43.5 Å². The van der Waals surface area contributed by atoms with E-state index in [2.05, 4.69) is 52.4 Å². The highest BCUT2D eigenvalue weighted by Gasteiger charge is 2.51. The number of amides is 1. The fourth-order valence-corrected chi connectivity index (χ4v) is 2.86. The van der Waals surface area contributed by atoms with E-state index in [9.17, 15) is 4.79 Å². The molecule has 0 aromatic heterocycles. The van der Waals surface area contributed by atoms with Gasteiger partial charge < -0.3 is 5.32 Å². The van der Waals surface area contributed by atoms with E-state index in [0.29, 0.717) is 0 Å². The maximum atomic E-state index is 12.6. The molecule has 0 unspecified atom stereocenters. The molecule has 102 valence electrons. The minimum Gasteiger partial charge on any atom is -0.325 e. The van der Waals surface area contributed by atoms with Crippen LogP contribution in [0, 0.1) is 6.92 Å². The molecule has 1 aliphatic rings. The van der Waals surface area contributed by atoms with Gasteiger partial charge in [-0.3, -0.25) is 4.79 Å². The quantitative estimate of drug-likeness (QED) is 0.886. The molecule has 1 fully saturated rings. The molecule has 2 aromatic rings. The van der Waals surface area contributed by atoms with E-state index in [1.165, 1.54) is 5.56 Å². The van der Waals surface area contributed by atoms with E-state index < -0.39 is 0 Å². The van der Waals surface area contributed by atoms with Crippen LogP contribution in [0.1, 0.15) is 24.0 Å². The van der Waals surface area contributed by atoms with E-state index in [4.69, 9.17) is 0 Å². The molecule has 1 amide bonds. The number of hydrogen-bond acceptors (Lipinski definition) is 1. The second-order valence-electron chi connectivity index (χ2n) is 5.41. The molecular weight excluding hydrogens is 314 g/mol. The first-order valence-corrected chi connectivity index (χ1v) is 7.54. The maximum absolute atomic E-state index is 12.6. The number of carbonyl (C=O) groups is 1. The van der Waals surface area contributed by atoms with Crippen molar-refractivity contribution < 1.29 is 4.79 Å². The summed E-state index contributed by atoms with van der Waals surface area (Å²) >= 11 is 3.42. The van der Waals surface area contributed by atoms with E-state index in [1.54, 1.807) is 0 Å². The normalized spacial score (nSPS) is 15.7. The highest BCUT2D eigenvalue weighted by Crippen LogP contribution is 2.49. The van der Waals surface area contributed by atoms with Gasteiger partial charge in [0.05, 0.1) is 5.41 Å². The average molecular weight is 330 g/mol. The van der Waals surface area contributed by atoms with Crippen molar-refractivity contribution in [3.8, 4) is 0 Å². The Hall–Kier alpha value is -1.61. The van der Waals surface area contributed by atoms with Crippen LogP contribution in [0.25, 0.3) is 0 Å². The second kappa shape index (κ2) is 5.06. The van der Waals surface area contributed by atoms with Crippen molar-refractivity contribution in [3.63, 3.8) is 0 Å². The van der Waals surface area contributed by atoms with Crippen LogP contribution >= 0.6 is 15.9 Å². The van der Waals surface area contributed by atoms with Crippen LogP contribution in [0.3, 0.4) is 0 Å². The number of hydrogen-bond donors (Lipinski definition) is 1. The van der Waals surface area contributed by atoms with Gasteiger partial charge in [0.1, 0.15) is 0 Å². The van der Waals surface area contributed by atoms with Gasteiger partial charge in [-0.1, -0.05) is 51.8 Å². The number of anilines is 1. The summed E-state index contributed by atoms with van der Waals surface area (Å²) in [5.74, 6) is 0.0967. The summed E-state index contributed by atoms with van der Waals surface area (Å²) in [6.07, 6.45) is 1.85. The van der Waals surface area contributed by atoms with Crippen molar-refractivity contribution in [1.82, 2.24) is 0 Å². The largest absolute Gasteiger partial charge is 0.325 e. The summed E-state index contributed by atoms with van der Waals surface area (Å²) in [6.45, 7) is 2.06. The molecule has 1 saturated carbocycles. The fraction of sp³-hybridized carbons (Fsp3) is 0.235. The number of halogens is 1. The zero-order valence-corrected chi connectivity index (χ0v) is 12.9. The third kappa shape index (κ3) is 2.50. The molecule has 0 atom stereocenters. The number of aryl methyl sites for hydroxylation is 1. The average Bonchev–Trinajstić information content (AvgIpc) is 3.21. The van der Waals surface area contributed by atoms with Gasteiger partial charge in [-0.15, -0.1) is 0 Å². The predicted molar refractivity (Wildman–Crippen MR) is 84.9 cm³/mol. The third-order valence-corrected chi connectivity index (χ3v) is 4.36. The van der Waals surface area contributed by atoms with Crippen LogP contribution in [0.15, 0.2) is 53.0 Å². The summed E-state index contributed by atoms with van der Waals surface area (Å²) in [5.41, 5.74) is 2.85. The van der Waals surface area contributed by atoms with Crippen LogP contribution in [0.4, 0.5) is 5.69 Å². The molecule has 0 saturated heterocycles. The summed E-state index contributed by atoms with van der Waals surface area (Å²) in [5, 5.41) is 3.03. The highest BCUT2D eigenvalue weighted by molar-refractivity contribution is 9.10. The molecule has 1 aliphatic carbocycles. The molecule has 20 heavy (non-hydrogen) atoms. The van der Waals surface area contributed by atoms with E-state index >= 15 is 0 Å². The van der Waals surface area contributed by atoms with Gasteiger partial charge in [-0.2, -0.15) is 0 Å². The van der Waals surface area contributed by atoms with Crippen molar-refractivity contribution in [2.75, 3.05) is 5.32 Å². The predicted octanol–water partition coefficient (Wildman–Crippen LogP) is 4.43. The van der Waals surface area contributed by atoms with Crippen LogP contribution in [0.5, 0.6) is 0 Å². The van der Waals surface area contributed by atoms with Crippen LogP contribution in [0.2, 0.25) is 0 Å². The van der Waals surface area contributed by atoms with Crippen LogP contribution in [-0.4, -0.2) is 5.91 Å². The molecule has 0 spiro atoms. The lowest BCUT2D eigenvalue weighted by molar-refractivity contribution is -0.118. The molecule has 3 rings (SSSR count). The van der Waals surface area contributed by atoms with Gasteiger partial charge in [0.2, 0.25) is 5.91 Å². The molecule has 2 nitrogen and oxygen atoms in total. The van der Waals surface area contributed by atoms with Crippen LogP contribution in [-0.2, 0) is 10.2 Å². The topological polar surface area (TPSA) is 29.1 Å². The number of benzene rings is 2. The van der Waals surface area contributed by atoms with Crippen molar-refractivity contribution >= 4 is 27.5 Å². The zero-order valence-electron chi connectivity index (χ0n) is 11.3. The Morgan fingerprint density at radius 2 is 1.85 bits per heavy atom. The van der Waals surface area contributed by atoms with Crippen molar-refractivity contribution in [1.29, 1.82) is 0 Å². The molecule has 0 bridgehead atoms. The van der Waals surface area contributed by atoms with Crippen molar-refractivity contribution in [3.05, 3.63) is 64.1 Å². The van der Waals surface area contributed by atoms with Gasteiger partial charge in [0.25, 0.3) is 0 Å². The van der Waals surface area contributed by atoms with Gasteiger partial charge >= 0.3 is 0 Å². The summed E-state index contributed by atoms with van der Waals surface area (Å²) in [6, 6.07) is 16.0. The summed E-state index contributed by atoms with van der Waals surface area (Å²) in [4.78, 5) is 12.6. The third-order valence-electron chi connectivity index (χ3n) is 3.87. The second-order valence-corrected chi connectivity index (χ2v) is 6.33. The molecule has 1 N–H and O–H groups in total. The van der Waals surface area contributed by atoms with Gasteiger partial charge in [0, 0.05) is 10.2 Å². The minimum atomic E-state index is -0.323. The van der Waals surface area contributed by atoms with E-state index in [0.717, 1.165) is 28.6 Å². The molecule has 0 radical (unpaired) electrons. The Morgan fingerprint density at radius 3 is 2.45 bits per heavy atom. The Kier molecular flexibility index (Phi) is 3.38. The highest BCUT2D eigenvalue weighted by atomic mass is 79.9. The first-order chi connectivity index (χ1) is 9.60. The van der Waals surface area contributed by atoms with Gasteiger partial charge in [-0.25, -0.2) is 0 Å². The fourth-order valence-electron chi connectivity index (χ4n) is 2.46. The van der Waals surface area contributed by atoms with Crippen molar-refractivity contribution in [2.45, 2.75) is 25.2 Å². The van der Waals surface area contributed by atoms with E-state index in [1.807, 2.05) is 24.3 Å². The Balaban J connectivity index is 1.81. The van der Waals surface area contributed by atoms with Crippen LogP contribution < -0.4 is 5.32 Å². The summed E-state index contributed by atoms with van der Waals surface area (Å²) < 4.78 is 0.968.